The Morgan fingerprint density at radius 3 is 1.33 bits per heavy atom. The molecule has 296 valence electrons. The average molecular weight is 760 g/mol. The van der Waals surface area contributed by atoms with E-state index in [9.17, 15) is 28.8 Å². The summed E-state index contributed by atoms with van der Waals surface area (Å²) in [5, 5.41) is 13.9. The molecule has 0 saturated heterocycles. The molecule has 6 fully saturated rings. The molecule has 9 N–H and O–H groups in total. The predicted molar refractivity (Wildman–Crippen MR) is 203 cm³/mol. The van der Waals surface area contributed by atoms with Crippen molar-refractivity contribution < 1.29 is 38.2 Å². The van der Waals surface area contributed by atoms with E-state index in [1.807, 2.05) is 12.1 Å². The molecule has 0 heterocycles. The van der Waals surface area contributed by atoms with Gasteiger partial charge >= 0.3 is 12.2 Å². The Kier molecular flexibility index (Phi) is 13.4. The highest BCUT2D eigenvalue weighted by atomic mass is 16.6. The Labute approximate surface area is 320 Å². The van der Waals surface area contributed by atoms with Crippen LogP contribution in [0.25, 0.3) is 0 Å². The van der Waals surface area contributed by atoms with Crippen molar-refractivity contribution in [3.63, 3.8) is 0 Å². The zero-order valence-electron chi connectivity index (χ0n) is 31.0. The van der Waals surface area contributed by atoms with Crippen LogP contribution in [0.15, 0.2) is 60.7 Å². The van der Waals surface area contributed by atoms with Crippen LogP contribution in [0.5, 0.6) is 0 Å². The van der Waals surface area contributed by atoms with Gasteiger partial charge in [-0.15, -0.1) is 0 Å². The summed E-state index contributed by atoms with van der Waals surface area (Å²) in [5.41, 5.74) is 12.4. The van der Waals surface area contributed by atoms with Crippen LogP contribution < -0.4 is 38.1 Å². The molecule has 15 nitrogen and oxygen atoms in total. The lowest BCUT2D eigenvalue weighted by Crippen LogP contribution is -2.62. The van der Waals surface area contributed by atoms with Gasteiger partial charge in [0, 0.05) is 36.3 Å². The van der Waals surface area contributed by atoms with E-state index < -0.39 is 71.7 Å². The van der Waals surface area contributed by atoms with Crippen LogP contribution in [0.2, 0.25) is 0 Å². The van der Waals surface area contributed by atoms with Gasteiger partial charge in [-0.1, -0.05) is 36.4 Å². The quantitative estimate of drug-likeness (QED) is 0.110. The number of para-hydroxylation sites is 2. The lowest BCUT2D eigenvalue weighted by Gasteiger charge is -2.51. The minimum atomic E-state index is -0.981. The molecular formula is C40H53N7O8. The third-order valence-corrected chi connectivity index (χ3v) is 11.9. The number of ether oxygens (including phenoxy) is 2. The zero-order chi connectivity index (χ0) is 38.9. The molecule has 0 radical (unpaired) electrons. The average Bonchev–Trinajstić information content (AvgIpc) is 3.18. The van der Waals surface area contributed by atoms with Gasteiger partial charge in [-0.3, -0.25) is 35.1 Å². The summed E-state index contributed by atoms with van der Waals surface area (Å²) in [5.74, 6) is -7.07. The number of amides is 6. The van der Waals surface area contributed by atoms with Crippen molar-refractivity contribution in [3.8, 4) is 0 Å². The fraction of sp³-hybridized carbons (Fsp3) is 0.550. The second kappa shape index (κ2) is 18.5. The Balaban J connectivity index is 1.22. The first-order valence-electron chi connectivity index (χ1n) is 19.5. The van der Waals surface area contributed by atoms with Crippen LogP contribution in [0.3, 0.4) is 0 Å². The van der Waals surface area contributed by atoms with Crippen molar-refractivity contribution in [2.24, 2.45) is 58.8 Å². The molecular weight excluding hydrogens is 706 g/mol. The first-order valence-corrected chi connectivity index (χ1v) is 19.5. The van der Waals surface area contributed by atoms with E-state index in [2.05, 4.69) is 26.6 Å². The molecule has 6 amide bonds. The molecule has 2 aromatic carbocycles. The van der Waals surface area contributed by atoms with Crippen LogP contribution >= 0.6 is 0 Å². The molecule has 10 unspecified atom stereocenters. The molecule has 15 heteroatoms. The summed E-state index contributed by atoms with van der Waals surface area (Å²) in [6, 6.07) is 17.7. The van der Waals surface area contributed by atoms with Gasteiger partial charge in [-0.05, 0) is 101 Å². The second-order valence-corrected chi connectivity index (χ2v) is 15.2. The summed E-state index contributed by atoms with van der Waals surface area (Å²) in [6.45, 7) is 1.43. The predicted octanol–water partition coefficient (Wildman–Crippen LogP) is 3.12. The Morgan fingerprint density at radius 2 is 0.945 bits per heavy atom. The van der Waals surface area contributed by atoms with Gasteiger partial charge in [0.05, 0.1) is 23.7 Å². The van der Waals surface area contributed by atoms with Crippen molar-refractivity contribution >= 4 is 47.2 Å². The first-order chi connectivity index (χ1) is 26.7. The maximum atomic E-state index is 14.5. The zero-order valence-corrected chi connectivity index (χ0v) is 31.0. The molecule has 0 spiro atoms. The Morgan fingerprint density at radius 1 is 0.545 bits per heavy atom. The minimum Gasteiger partial charge on any atom is -0.446 e. The summed E-state index contributed by atoms with van der Waals surface area (Å²) >= 11 is 0. The first kappa shape index (κ1) is 39.7. The van der Waals surface area contributed by atoms with E-state index in [-0.39, 0.29) is 23.7 Å². The second-order valence-electron chi connectivity index (χ2n) is 15.2. The SMILES string of the molecule is NCCCNC(=O)C1C2CCC(C(OC(=O)Nc3ccccc3)C2)C1C(=O)NC(=O)C1C2CCC(CC2OC(=O)Nc2ccccc2)C1C(=O)NCCCN. The molecule has 55 heavy (non-hydrogen) atoms. The lowest BCUT2D eigenvalue weighted by atomic mass is 9.56. The maximum absolute atomic E-state index is 14.5. The monoisotopic (exact) mass is 759 g/mol. The van der Waals surface area contributed by atoms with Crippen molar-refractivity contribution in [1.29, 1.82) is 0 Å². The van der Waals surface area contributed by atoms with Crippen LogP contribution in [0.4, 0.5) is 21.0 Å². The highest BCUT2D eigenvalue weighted by Crippen LogP contribution is 2.52. The topological polar surface area (TPSA) is 233 Å². The van der Waals surface area contributed by atoms with Crippen molar-refractivity contribution in [2.45, 2.75) is 63.6 Å². The summed E-state index contributed by atoms with van der Waals surface area (Å²) < 4.78 is 11.8. The number of carbonyl (C=O) groups is 6. The van der Waals surface area contributed by atoms with Crippen molar-refractivity contribution in [2.75, 3.05) is 36.8 Å². The van der Waals surface area contributed by atoms with Crippen LogP contribution in [0, 0.1) is 47.3 Å². The molecule has 6 aliphatic rings. The lowest BCUT2D eigenvalue weighted by molar-refractivity contribution is -0.161. The number of nitrogens with two attached hydrogens (primary N) is 2. The highest BCUT2D eigenvalue weighted by molar-refractivity contribution is 6.01. The Hall–Kier alpha value is -5.02. The number of benzene rings is 2. The summed E-state index contributed by atoms with van der Waals surface area (Å²) in [6.07, 6.45) is 1.53. The molecule has 0 aliphatic heterocycles. The van der Waals surface area contributed by atoms with E-state index in [0.717, 1.165) is 0 Å². The van der Waals surface area contributed by atoms with Gasteiger partial charge in [0.25, 0.3) is 0 Å². The van der Waals surface area contributed by atoms with E-state index in [1.165, 1.54) is 0 Å². The van der Waals surface area contributed by atoms with Crippen molar-refractivity contribution in [1.82, 2.24) is 16.0 Å². The number of rotatable bonds is 14. The van der Waals surface area contributed by atoms with E-state index in [0.29, 0.717) is 88.9 Å². The molecule has 2 aromatic rings. The number of hydrogen-bond acceptors (Lipinski definition) is 10. The Bertz CT molecular complexity index is 1560. The number of fused-ring (bicyclic) bond motifs is 6. The van der Waals surface area contributed by atoms with Gasteiger partial charge in [0.1, 0.15) is 12.2 Å². The van der Waals surface area contributed by atoms with Gasteiger partial charge in [-0.25, -0.2) is 9.59 Å². The van der Waals surface area contributed by atoms with E-state index in [1.54, 1.807) is 48.5 Å². The summed E-state index contributed by atoms with van der Waals surface area (Å²) in [7, 11) is 0. The third-order valence-electron chi connectivity index (χ3n) is 11.9. The van der Waals surface area contributed by atoms with Gasteiger partial charge in [-0.2, -0.15) is 0 Å². The van der Waals surface area contributed by atoms with Crippen LogP contribution in [-0.4, -0.2) is 74.2 Å². The number of anilines is 2. The molecule has 8 rings (SSSR count). The fourth-order valence-corrected chi connectivity index (χ4v) is 9.46. The van der Waals surface area contributed by atoms with Crippen molar-refractivity contribution in [3.05, 3.63) is 60.7 Å². The van der Waals surface area contributed by atoms with Gasteiger partial charge < -0.3 is 31.6 Å². The maximum Gasteiger partial charge on any atom is 0.411 e. The number of carbonyl (C=O) groups excluding carboxylic acids is 6. The number of hydrogen-bond donors (Lipinski definition) is 7. The van der Waals surface area contributed by atoms with Crippen LogP contribution in [0.1, 0.15) is 51.4 Å². The number of nitrogens with one attached hydrogen (secondary N) is 5. The van der Waals surface area contributed by atoms with Gasteiger partial charge in [0.2, 0.25) is 23.6 Å². The van der Waals surface area contributed by atoms with E-state index >= 15 is 0 Å². The molecule has 10 atom stereocenters. The smallest absolute Gasteiger partial charge is 0.411 e. The standard InChI is InChI=1S/C40H53N7O8/c41-17-7-19-43-35(48)31-23-13-15-27(29(21-23)54-39(52)45-25-9-3-1-4-10-25)33(31)37(50)47-38(51)34-28-16-14-24(32(34)36(49)44-20-8-18-42)22-30(28)55-40(53)46-26-11-5-2-6-12-26/h1-6,9-12,23-24,27-34H,7-8,13-22,41-42H2,(H,43,48)(H,44,49)(H,45,52)(H,46,53)(H,47,50,51). The normalized spacial score (nSPS) is 29.0. The minimum absolute atomic E-state index is 0.282. The highest BCUT2D eigenvalue weighted by Gasteiger charge is 2.58. The fourth-order valence-electron chi connectivity index (χ4n) is 9.46. The third kappa shape index (κ3) is 9.45. The summed E-state index contributed by atoms with van der Waals surface area (Å²) in [4.78, 5) is 82.4. The molecule has 4 bridgehead atoms. The molecule has 6 saturated carbocycles. The number of imide groups is 1. The van der Waals surface area contributed by atoms with Gasteiger partial charge in [0.15, 0.2) is 0 Å². The largest absolute Gasteiger partial charge is 0.446 e. The van der Waals surface area contributed by atoms with Crippen LogP contribution in [-0.2, 0) is 28.7 Å². The molecule has 6 aliphatic carbocycles. The van der Waals surface area contributed by atoms with E-state index in [4.69, 9.17) is 20.9 Å². The molecule has 0 aromatic heterocycles.